The SMILES string of the molecule is [c]1ccc(C=CC=Cc2ccccc2)c2ccccc12. The Hall–Kier alpha value is -2.60. The van der Waals surface area contributed by atoms with Crippen LogP contribution in [-0.2, 0) is 0 Å². The van der Waals surface area contributed by atoms with Crippen LogP contribution in [0.4, 0.5) is 0 Å². The molecule has 0 bridgehead atoms. The molecule has 0 aromatic heterocycles. The predicted octanol–water partition coefficient (Wildman–Crippen LogP) is 5.37. The van der Waals surface area contributed by atoms with Crippen LogP contribution < -0.4 is 0 Å². The molecule has 0 saturated heterocycles. The van der Waals surface area contributed by atoms with Crippen LogP contribution in [0.1, 0.15) is 11.1 Å². The lowest BCUT2D eigenvalue weighted by atomic mass is 10.0. The second kappa shape index (κ2) is 6.03. The van der Waals surface area contributed by atoms with E-state index in [0.717, 1.165) is 5.39 Å². The molecule has 0 heterocycles. The van der Waals surface area contributed by atoms with Crippen LogP contribution in [0, 0.1) is 6.07 Å². The van der Waals surface area contributed by atoms with Gasteiger partial charge in [0.05, 0.1) is 0 Å². The molecule has 3 aromatic carbocycles. The summed E-state index contributed by atoms with van der Waals surface area (Å²) in [6.07, 6.45) is 8.39. The second-order valence-corrected chi connectivity index (χ2v) is 4.61. The van der Waals surface area contributed by atoms with Gasteiger partial charge >= 0.3 is 0 Å². The molecule has 3 rings (SSSR count). The van der Waals surface area contributed by atoms with Gasteiger partial charge < -0.3 is 0 Å². The van der Waals surface area contributed by atoms with Gasteiger partial charge in [-0.1, -0.05) is 91.0 Å². The number of hydrogen-bond donors (Lipinski definition) is 0. The maximum atomic E-state index is 3.26. The first-order valence-electron chi connectivity index (χ1n) is 6.73. The molecular formula is C20H15. The van der Waals surface area contributed by atoms with Gasteiger partial charge in [0.25, 0.3) is 0 Å². The molecule has 0 aliphatic heterocycles. The lowest BCUT2D eigenvalue weighted by molar-refractivity contribution is 1.66. The molecule has 0 aliphatic rings. The molecule has 95 valence electrons. The number of fused-ring (bicyclic) bond motifs is 1. The molecule has 0 spiro atoms. The smallest absolute Gasteiger partial charge is 0.00987 e. The van der Waals surface area contributed by atoms with Crippen molar-refractivity contribution >= 4 is 22.9 Å². The number of hydrogen-bond acceptors (Lipinski definition) is 0. The van der Waals surface area contributed by atoms with E-state index < -0.39 is 0 Å². The zero-order valence-electron chi connectivity index (χ0n) is 11.2. The maximum Gasteiger partial charge on any atom is -0.00987 e. The first kappa shape index (κ1) is 12.4. The average Bonchev–Trinajstić information content (AvgIpc) is 2.53. The van der Waals surface area contributed by atoms with Gasteiger partial charge in [-0.25, -0.2) is 0 Å². The van der Waals surface area contributed by atoms with Gasteiger partial charge in [0.2, 0.25) is 0 Å². The zero-order valence-corrected chi connectivity index (χ0v) is 11.2. The van der Waals surface area contributed by atoms with E-state index in [1.54, 1.807) is 0 Å². The van der Waals surface area contributed by atoms with E-state index in [4.69, 9.17) is 0 Å². The molecule has 0 amide bonds. The minimum Gasteiger partial charge on any atom is -0.0622 e. The molecule has 20 heavy (non-hydrogen) atoms. The van der Waals surface area contributed by atoms with Gasteiger partial charge in [-0.15, -0.1) is 0 Å². The Labute approximate surface area is 119 Å². The molecule has 0 fully saturated rings. The van der Waals surface area contributed by atoms with Crippen LogP contribution >= 0.6 is 0 Å². The average molecular weight is 255 g/mol. The highest BCUT2D eigenvalue weighted by molar-refractivity contribution is 5.90. The normalized spacial score (nSPS) is 11.6. The molecule has 1 radical (unpaired) electrons. The van der Waals surface area contributed by atoms with Crippen LogP contribution in [0.2, 0.25) is 0 Å². The third-order valence-corrected chi connectivity index (χ3v) is 3.21. The van der Waals surface area contributed by atoms with Crippen LogP contribution in [0.3, 0.4) is 0 Å². The lowest BCUT2D eigenvalue weighted by Crippen LogP contribution is -1.77. The van der Waals surface area contributed by atoms with Crippen molar-refractivity contribution in [2.24, 2.45) is 0 Å². The quantitative estimate of drug-likeness (QED) is 0.552. The van der Waals surface area contributed by atoms with Crippen molar-refractivity contribution in [2.75, 3.05) is 0 Å². The highest BCUT2D eigenvalue weighted by Gasteiger charge is 1.95. The maximum absolute atomic E-state index is 3.26. The minimum absolute atomic E-state index is 1.15. The first-order valence-corrected chi connectivity index (χ1v) is 6.73. The highest BCUT2D eigenvalue weighted by Crippen LogP contribution is 2.19. The summed E-state index contributed by atoms with van der Waals surface area (Å²) in [6, 6.07) is 26.0. The summed E-state index contributed by atoms with van der Waals surface area (Å²) in [4.78, 5) is 0. The summed E-state index contributed by atoms with van der Waals surface area (Å²) in [6.45, 7) is 0. The Morgan fingerprint density at radius 3 is 2.35 bits per heavy atom. The van der Waals surface area contributed by atoms with Gasteiger partial charge in [0.1, 0.15) is 0 Å². The molecule has 0 atom stereocenters. The van der Waals surface area contributed by atoms with Crippen LogP contribution in [-0.4, -0.2) is 0 Å². The van der Waals surface area contributed by atoms with Crippen molar-refractivity contribution < 1.29 is 0 Å². The molecule has 0 unspecified atom stereocenters. The predicted molar refractivity (Wildman–Crippen MR) is 87.3 cm³/mol. The first-order chi connectivity index (χ1) is 9.93. The van der Waals surface area contributed by atoms with Crippen molar-refractivity contribution in [2.45, 2.75) is 0 Å². The second-order valence-electron chi connectivity index (χ2n) is 4.61. The van der Waals surface area contributed by atoms with E-state index in [1.807, 2.05) is 30.3 Å². The number of rotatable bonds is 3. The van der Waals surface area contributed by atoms with Gasteiger partial charge in [-0.3, -0.25) is 0 Å². The molecule has 0 aliphatic carbocycles. The van der Waals surface area contributed by atoms with Crippen molar-refractivity contribution in [1.82, 2.24) is 0 Å². The molecular weight excluding hydrogens is 240 g/mol. The fourth-order valence-electron chi connectivity index (χ4n) is 2.21. The van der Waals surface area contributed by atoms with Gasteiger partial charge in [-0.2, -0.15) is 0 Å². The summed E-state index contributed by atoms with van der Waals surface area (Å²) < 4.78 is 0. The summed E-state index contributed by atoms with van der Waals surface area (Å²) in [5, 5.41) is 2.39. The van der Waals surface area contributed by atoms with E-state index in [-0.39, 0.29) is 0 Å². The molecule has 0 N–H and O–H groups in total. The number of allylic oxidation sites excluding steroid dienone is 2. The lowest BCUT2D eigenvalue weighted by Gasteiger charge is -2.00. The van der Waals surface area contributed by atoms with E-state index >= 15 is 0 Å². The van der Waals surface area contributed by atoms with Crippen molar-refractivity contribution in [3.8, 4) is 0 Å². The largest absolute Gasteiger partial charge is 0.0622 e. The Morgan fingerprint density at radius 1 is 0.700 bits per heavy atom. The summed E-state index contributed by atoms with van der Waals surface area (Å²) in [5.41, 5.74) is 2.43. The molecule has 0 saturated carbocycles. The Kier molecular flexibility index (Phi) is 3.75. The molecule has 0 nitrogen and oxygen atoms in total. The van der Waals surface area contributed by atoms with Gasteiger partial charge in [0.15, 0.2) is 0 Å². The van der Waals surface area contributed by atoms with Gasteiger partial charge in [0, 0.05) is 0 Å². The summed E-state index contributed by atoms with van der Waals surface area (Å²) in [7, 11) is 0. The topological polar surface area (TPSA) is 0 Å². The Balaban J connectivity index is 1.83. The van der Waals surface area contributed by atoms with Crippen molar-refractivity contribution in [3.63, 3.8) is 0 Å². The summed E-state index contributed by atoms with van der Waals surface area (Å²) >= 11 is 0. The Bertz CT molecular complexity index is 744. The standard InChI is InChI=1S/C20H15/c1-2-9-17(10-3-1)11-4-5-12-18-14-8-15-19-13-6-7-16-20(18)19/h1-14,16H. The monoisotopic (exact) mass is 255 g/mol. The zero-order chi connectivity index (χ0) is 13.6. The van der Waals surface area contributed by atoms with Crippen LogP contribution in [0.5, 0.6) is 0 Å². The van der Waals surface area contributed by atoms with Crippen molar-refractivity contribution in [3.05, 3.63) is 96.1 Å². The van der Waals surface area contributed by atoms with Crippen LogP contribution in [0.15, 0.2) is 78.9 Å². The third-order valence-electron chi connectivity index (χ3n) is 3.21. The van der Waals surface area contributed by atoms with E-state index in [1.165, 1.54) is 16.5 Å². The van der Waals surface area contributed by atoms with Crippen LogP contribution in [0.25, 0.3) is 22.9 Å². The molecule has 3 aromatic rings. The minimum atomic E-state index is 1.15. The Morgan fingerprint density at radius 2 is 1.45 bits per heavy atom. The highest BCUT2D eigenvalue weighted by atomic mass is 14.0. The van der Waals surface area contributed by atoms with E-state index in [0.29, 0.717) is 0 Å². The molecule has 0 heteroatoms. The fraction of sp³-hybridized carbons (Fsp3) is 0. The summed E-state index contributed by atoms with van der Waals surface area (Å²) in [5.74, 6) is 0. The number of benzene rings is 3. The van der Waals surface area contributed by atoms with E-state index in [9.17, 15) is 0 Å². The van der Waals surface area contributed by atoms with Gasteiger partial charge in [-0.05, 0) is 28.0 Å². The third kappa shape index (κ3) is 2.86. The fourth-order valence-corrected chi connectivity index (χ4v) is 2.21. The van der Waals surface area contributed by atoms with E-state index in [2.05, 4.69) is 66.8 Å². The van der Waals surface area contributed by atoms with Crippen molar-refractivity contribution in [1.29, 1.82) is 0 Å².